The van der Waals surface area contributed by atoms with Crippen LogP contribution in [-0.4, -0.2) is 0 Å². The lowest BCUT2D eigenvalue weighted by molar-refractivity contribution is 0.107. The highest BCUT2D eigenvalue weighted by atomic mass is 35.5. The zero-order valence-electron chi connectivity index (χ0n) is 9.70. The Morgan fingerprint density at radius 3 is 2.50 bits per heavy atom. The van der Waals surface area contributed by atoms with E-state index in [0.29, 0.717) is 28.9 Å². The molecule has 2 nitrogen and oxygen atoms in total. The van der Waals surface area contributed by atoms with Crippen molar-refractivity contribution in [3.63, 3.8) is 0 Å². The van der Waals surface area contributed by atoms with Crippen molar-refractivity contribution in [2.45, 2.75) is 13.2 Å². The quantitative estimate of drug-likeness (QED) is 0.849. The van der Waals surface area contributed by atoms with Gasteiger partial charge in [-0.15, -0.1) is 0 Å². The third kappa shape index (κ3) is 3.64. The van der Waals surface area contributed by atoms with Gasteiger partial charge in [0.25, 0.3) is 0 Å². The molecule has 94 valence electrons. The summed E-state index contributed by atoms with van der Waals surface area (Å²) in [7, 11) is 0. The minimum atomic E-state index is 0.429. The lowest BCUT2D eigenvalue weighted by Crippen LogP contribution is -1.98. The van der Waals surface area contributed by atoms with E-state index < -0.39 is 0 Å². The summed E-state index contributed by atoms with van der Waals surface area (Å²) in [4.78, 5) is 0. The van der Waals surface area contributed by atoms with Crippen molar-refractivity contribution in [3.8, 4) is 0 Å². The van der Waals surface area contributed by atoms with E-state index in [9.17, 15) is 0 Å². The Morgan fingerprint density at radius 1 is 0.944 bits per heavy atom. The molecule has 2 N–H and O–H groups in total. The third-order valence-electron chi connectivity index (χ3n) is 2.52. The Morgan fingerprint density at radius 2 is 1.72 bits per heavy atom. The van der Waals surface area contributed by atoms with E-state index >= 15 is 0 Å². The van der Waals surface area contributed by atoms with Crippen molar-refractivity contribution < 1.29 is 4.74 Å². The lowest BCUT2D eigenvalue weighted by Gasteiger charge is -2.08. The average Bonchev–Trinajstić information content (AvgIpc) is 2.34. The molecule has 0 fully saturated rings. The summed E-state index contributed by atoms with van der Waals surface area (Å²) in [6.45, 7) is 0.922. The second kappa shape index (κ2) is 6.10. The van der Waals surface area contributed by atoms with Crippen molar-refractivity contribution in [1.29, 1.82) is 0 Å². The van der Waals surface area contributed by atoms with E-state index in [4.69, 9.17) is 33.7 Å². The van der Waals surface area contributed by atoms with E-state index in [1.165, 1.54) is 0 Å². The van der Waals surface area contributed by atoms with Crippen LogP contribution in [0.2, 0.25) is 10.0 Å². The van der Waals surface area contributed by atoms with E-state index in [0.717, 1.165) is 11.1 Å². The van der Waals surface area contributed by atoms with Gasteiger partial charge in [-0.1, -0.05) is 35.3 Å². The summed E-state index contributed by atoms with van der Waals surface area (Å²) in [5.41, 5.74) is 8.44. The molecular weight excluding hydrogens is 269 g/mol. The van der Waals surface area contributed by atoms with Crippen LogP contribution in [0, 0.1) is 0 Å². The molecule has 0 aliphatic rings. The molecule has 2 rings (SSSR count). The second-order valence-electron chi connectivity index (χ2n) is 3.97. The van der Waals surface area contributed by atoms with Crippen LogP contribution >= 0.6 is 23.2 Å². The number of ether oxygens (including phenoxy) is 1. The number of nitrogens with two attached hydrogens (primary N) is 1. The van der Waals surface area contributed by atoms with E-state index in [1.54, 1.807) is 12.1 Å². The lowest BCUT2D eigenvalue weighted by atomic mass is 10.2. The fourth-order valence-electron chi connectivity index (χ4n) is 1.60. The molecule has 2 aromatic carbocycles. The first-order valence-corrected chi connectivity index (χ1v) is 6.27. The number of benzene rings is 2. The Balaban J connectivity index is 1.94. The highest BCUT2D eigenvalue weighted by Gasteiger charge is 2.01. The molecule has 2 aromatic rings. The van der Waals surface area contributed by atoms with Gasteiger partial charge in [-0.25, -0.2) is 0 Å². The Bertz CT molecular complexity index is 543. The van der Waals surface area contributed by atoms with Gasteiger partial charge in [0.05, 0.1) is 13.2 Å². The van der Waals surface area contributed by atoms with Gasteiger partial charge in [-0.3, -0.25) is 0 Å². The normalized spacial score (nSPS) is 10.6. The fourth-order valence-corrected chi connectivity index (χ4v) is 2.01. The molecule has 0 unspecified atom stereocenters. The van der Waals surface area contributed by atoms with Crippen molar-refractivity contribution in [3.05, 3.63) is 63.6 Å². The minimum Gasteiger partial charge on any atom is -0.398 e. The summed E-state index contributed by atoms with van der Waals surface area (Å²) >= 11 is 11.8. The van der Waals surface area contributed by atoms with Crippen LogP contribution in [0.15, 0.2) is 42.5 Å². The predicted molar refractivity (Wildman–Crippen MR) is 75.8 cm³/mol. The van der Waals surface area contributed by atoms with E-state index in [1.807, 2.05) is 30.3 Å². The smallest absolute Gasteiger partial charge is 0.0741 e. The monoisotopic (exact) mass is 281 g/mol. The molecule has 0 amide bonds. The highest BCUT2D eigenvalue weighted by Crippen LogP contribution is 2.19. The summed E-state index contributed by atoms with van der Waals surface area (Å²) in [5, 5.41) is 1.36. The summed E-state index contributed by atoms with van der Waals surface area (Å²) in [6, 6.07) is 12.9. The van der Waals surface area contributed by atoms with Gasteiger partial charge < -0.3 is 10.5 Å². The van der Waals surface area contributed by atoms with Crippen molar-refractivity contribution in [1.82, 2.24) is 0 Å². The van der Waals surface area contributed by atoms with E-state index in [-0.39, 0.29) is 0 Å². The molecule has 0 heterocycles. The number of halogens is 2. The number of rotatable bonds is 4. The maximum Gasteiger partial charge on any atom is 0.0741 e. The molecule has 0 radical (unpaired) electrons. The number of hydrogen-bond acceptors (Lipinski definition) is 2. The molecule has 0 aliphatic heterocycles. The fraction of sp³-hybridized carbons (Fsp3) is 0.143. The zero-order valence-corrected chi connectivity index (χ0v) is 11.2. The Kier molecular flexibility index (Phi) is 4.48. The molecule has 0 aliphatic carbocycles. The molecule has 0 atom stereocenters. The number of nitrogen functional groups attached to an aromatic ring is 1. The first-order chi connectivity index (χ1) is 8.65. The molecule has 18 heavy (non-hydrogen) atoms. The average molecular weight is 282 g/mol. The van der Waals surface area contributed by atoms with Gasteiger partial charge >= 0.3 is 0 Å². The first-order valence-electron chi connectivity index (χ1n) is 5.51. The van der Waals surface area contributed by atoms with Gasteiger partial charge in [-0.2, -0.15) is 0 Å². The van der Waals surface area contributed by atoms with Crippen LogP contribution in [0.1, 0.15) is 11.1 Å². The number of hydrogen-bond donors (Lipinski definition) is 1. The number of anilines is 1. The topological polar surface area (TPSA) is 35.2 Å². The van der Waals surface area contributed by atoms with Gasteiger partial charge in [0.15, 0.2) is 0 Å². The second-order valence-corrected chi connectivity index (χ2v) is 4.84. The maximum atomic E-state index is 5.90. The Labute approximate surface area is 116 Å². The zero-order chi connectivity index (χ0) is 13.0. The SMILES string of the molecule is Nc1ccc(Cl)cc1COCc1cccc(Cl)c1. The van der Waals surface area contributed by atoms with Crippen LogP contribution in [0.3, 0.4) is 0 Å². The van der Waals surface area contributed by atoms with Crippen LogP contribution in [0.4, 0.5) is 5.69 Å². The molecule has 4 heteroatoms. The predicted octanol–water partition coefficient (Wildman–Crippen LogP) is 4.29. The highest BCUT2D eigenvalue weighted by molar-refractivity contribution is 6.31. The Hall–Kier alpha value is -1.22. The molecular formula is C14H13Cl2NO. The largest absolute Gasteiger partial charge is 0.398 e. The van der Waals surface area contributed by atoms with Crippen molar-refractivity contribution >= 4 is 28.9 Å². The van der Waals surface area contributed by atoms with Crippen molar-refractivity contribution in [2.75, 3.05) is 5.73 Å². The van der Waals surface area contributed by atoms with Crippen LogP contribution in [0.25, 0.3) is 0 Å². The summed E-state index contributed by atoms with van der Waals surface area (Å²) in [5.74, 6) is 0. The van der Waals surface area contributed by atoms with Gasteiger partial charge in [-0.05, 0) is 35.9 Å². The molecule has 0 bridgehead atoms. The third-order valence-corrected chi connectivity index (χ3v) is 2.99. The minimum absolute atomic E-state index is 0.429. The van der Waals surface area contributed by atoms with Crippen LogP contribution < -0.4 is 5.73 Å². The van der Waals surface area contributed by atoms with Crippen LogP contribution in [0.5, 0.6) is 0 Å². The van der Waals surface area contributed by atoms with Crippen molar-refractivity contribution in [2.24, 2.45) is 0 Å². The molecule has 0 saturated carbocycles. The molecule has 0 saturated heterocycles. The standard InChI is InChI=1S/C14H13Cl2NO/c15-12-3-1-2-10(6-12)8-18-9-11-7-13(16)4-5-14(11)17/h1-7H,8-9,17H2. The first kappa shape index (κ1) is 13.2. The molecule has 0 spiro atoms. The van der Waals surface area contributed by atoms with Gasteiger partial charge in [0.2, 0.25) is 0 Å². The van der Waals surface area contributed by atoms with Crippen LogP contribution in [-0.2, 0) is 18.0 Å². The maximum absolute atomic E-state index is 5.90. The van der Waals surface area contributed by atoms with Gasteiger partial charge in [0, 0.05) is 21.3 Å². The summed E-state index contributed by atoms with van der Waals surface area (Å²) < 4.78 is 5.60. The summed E-state index contributed by atoms with van der Waals surface area (Å²) in [6.07, 6.45) is 0. The molecule has 0 aromatic heterocycles. The van der Waals surface area contributed by atoms with Gasteiger partial charge in [0.1, 0.15) is 0 Å². The van der Waals surface area contributed by atoms with E-state index in [2.05, 4.69) is 0 Å².